The van der Waals surface area contributed by atoms with E-state index in [1.807, 2.05) is 42.5 Å². The lowest BCUT2D eigenvalue weighted by Crippen LogP contribution is -2.30. The summed E-state index contributed by atoms with van der Waals surface area (Å²) < 4.78 is 5.13. The molecule has 3 rings (SSSR count). The molecule has 0 atom stereocenters. The second-order valence-electron chi connectivity index (χ2n) is 5.22. The smallest absolute Gasteiger partial charge is 0.434 e. The molecule has 1 heterocycles. The first kappa shape index (κ1) is 15.7. The van der Waals surface area contributed by atoms with Crippen LogP contribution < -0.4 is 4.90 Å². The molecule has 0 spiro atoms. The number of para-hydroxylation sites is 1. The van der Waals surface area contributed by atoms with E-state index in [4.69, 9.17) is 4.74 Å². The predicted octanol–water partition coefficient (Wildman–Crippen LogP) is 3.35. The van der Waals surface area contributed by atoms with E-state index in [1.165, 1.54) is 4.90 Å². The van der Waals surface area contributed by atoms with Crippen molar-refractivity contribution in [2.75, 3.05) is 11.4 Å². The summed E-state index contributed by atoms with van der Waals surface area (Å²) in [6, 6.07) is 16.5. The van der Waals surface area contributed by atoms with Crippen molar-refractivity contribution >= 4 is 23.4 Å². The Hall–Kier alpha value is -3.21. The van der Waals surface area contributed by atoms with Gasteiger partial charge in [-0.25, -0.2) is 4.79 Å². The van der Waals surface area contributed by atoms with Crippen LogP contribution in [-0.2, 0) is 16.1 Å². The number of aliphatic imine (C=N–C) groups is 1. The van der Waals surface area contributed by atoms with Gasteiger partial charge in [0.25, 0.3) is 5.91 Å². The van der Waals surface area contributed by atoms with Crippen LogP contribution in [0.5, 0.6) is 0 Å². The fourth-order valence-electron chi connectivity index (χ4n) is 2.52. The highest BCUT2D eigenvalue weighted by atomic mass is 16.5. The molecule has 0 aliphatic carbocycles. The van der Waals surface area contributed by atoms with Gasteiger partial charge in [0, 0.05) is 12.1 Å². The number of hydrogen-bond acceptors (Lipinski definition) is 3. The monoisotopic (exact) mass is 320 g/mol. The van der Waals surface area contributed by atoms with Gasteiger partial charge >= 0.3 is 6.09 Å². The van der Waals surface area contributed by atoms with Gasteiger partial charge in [-0.3, -0.25) is 4.79 Å². The molecular weight excluding hydrogens is 304 g/mol. The highest BCUT2D eigenvalue weighted by Gasteiger charge is 2.33. The number of rotatable bonds is 4. The molecule has 1 aliphatic heterocycles. The number of anilines is 1. The maximum absolute atomic E-state index is 12.5. The van der Waals surface area contributed by atoms with Gasteiger partial charge in [0.2, 0.25) is 0 Å². The lowest BCUT2D eigenvalue weighted by molar-refractivity contribution is -0.112. The van der Waals surface area contributed by atoms with Crippen molar-refractivity contribution in [2.45, 2.75) is 6.61 Å². The van der Waals surface area contributed by atoms with E-state index in [9.17, 15) is 9.59 Å². The quantitative estimate of drug-likeness (QED) is 0.812. The number of carbonyl (C=O) groups excluding carboxylic acids is 2. The molecule has 120 valence electrons. The third kappa shape index (κ3) is 3.10. The van der Waals surface area contributed by atoms with Crippen molar-refractivity contribution in [3.8, 4) is 0 Å². The van der Waals surface area contributed by atoms with Gasteiger partial charge in [-0.15, -0.1) is 6.58 Å². The fourth-order valence-corrected chi connectivity index (χ4v) is 2.52. The summed E-state index contributed by atoms with van der Waals surface area (Å²) in [7, 11) is 0. The van der Waals surface area contributed by atoms with Crippen LogP contribution in [-0.4, -0.2) is 24.3 Å². The maximum atomic E-state index is 12.5. The normalized spacial score (nSPS) is 14.6. The SMILES string of the molecule is C=CCN1C(=O)/C(=N/C(=O)OCc2ccccc2)c2ccccc21. The first-order valence-electron chi connectivity index (χ1n) is 7.52. The summed E-state index contributed by atoms with van der Waals surface area (Å²) >= 11 is 0. The molecule has 0 N–H and O–H groups in total. The maximum Gasteiger partial charge on any atom is 0.434 e. The van der Waals surface area contributed by atoms with Gasteiger partial charge in [-0.1, -0.05) is 54.6 Å². The highest BCUT2D eigenvalue weighted by molar-refractivity contribution is 6.55. The molecule has 2 aromatic carbocycles. The van der Waals surface area contributed by atoms with Crippen molar-refractivity contribution in [2.24, 2.45) is 4.99 Å². The van der Waals surface area contributed by atoms with Gasteiger partial charge in [0.1, 0.15) is 12.3 Å². The van der Waals surface area contributed by atoms with Crippen molar-refractivity contribution in [1.29, 1.82) is 0 Å². The van der Waals surface area contributed by atoms with Gasteiger partial charge in [-0.05, 0) is 11.6 Å². The molecule has 5 nitrogen and oxygen atoms in total. The Kier molecular flexibility index (Phi) is 4.52. The third-order valence-corrected chi connectivity index (χ3v) is 3.62. The summed E-state index contributed by atoms with van der Waals surface area (Å²) in [5.41, 5.74) is 2.31. The van der Waals surface area contributed by atoms with Crippen LogP contribution in [0.4, 0.5) is 10.5 Å². The van der Waals surface area contributed by atoms with Gasteiger partial charge < -0.3 is 9.64 Å². The minimum absolute atomic E-state index is 0.102. The second kappa shape index (κ2) is 6.91. The molecule has 0 radical (unpaired) electrons. The zero-order valence-corrected chi connectivity index (χ0v) is 13.0. The minimum atomic E-state index is -0.780. The third-order valence-electron chi connectivity index (χ3n) is 3.62. The Morgan fingerprint density at radius 2 is 1.83 bits per heavy atom. The summed E-state index contributed by atoms with van der Waals surface area (Å²) in [6.07, 6.45) is 0.850. The lowest BCUT2D eigenvalue weighted by Gasteiger charge is -2.13. The van der Waals surface area contributed by atoms with Gasteiger partial charge in [0.15, 0.2) is 0 Å². The largest absolute Gasteiger partial charge is 0.443 e. The zero-order valence-electron chi connectivity index (χ0n) is 13.0. The molecule has 2 amide bonds. The zero-order chi connectivity index (χ0) is 16.9. The van der Waals surface area contributed by atoms with Crippen LogP contribution in [0.1, 0.15) is 11.1 Å². The molecule has 2 aromatic rings. The van der Waals surface area contributed by atoms with Gasteiger partial charge in [0.05, 0.1) is 5.69 Å². The first-order chi connectivity index (χ1) is 11.7. The first-order valence-corrected chi connectivity index (χ1v) is 7.52. The number of fused-ring (bicyclic) bond motifs is 1. The minimum Gasteiger partial charge on any atom is -0.443 e. The van der Waals surface area contributed by atoms with E-state index in [0.29, 0.717) is 12.1 Å². The van der Waals surface area contributed by atoms with Crippen molar-refractivity contribution in [1.82, 2.24) is 0 Å². The molecule has 1 aliphatic rings. The van der Waals surface area contributed by atoms with E-state index >= 15 is 0 Å². The molecule has 0 bridgehead atoms. The molecule has 0 unspecified atom stereocenters. The number of nitrogens with zero attached hydrogens (tertiary/aromatic N) is 2. The standard InChI is InChI=1S/C19H16N2O3/c1-2-12-21-16-11-7-6-10-15(16)17(18(21)22)20-19(23)24-13-14-8-4-3-5-9-14/h2-11H,1,12-13H2/b20-17+. The van der Waals surface area contributed by atoms with Crippen LogP contribution >= 0.6 is 0 Å². The highest BCUT2D eigenvalue weighted by Crippen LogP contribution is 2.29. The molecule has 0 aromatic heterocycles. The average Bonchev–Trinajstić information content (AvgIpc) is 2.87. The van der Waals surface area contributed by atoms with Crippen LogP contribution in [0.3, 0.4) is 0 Å². The van der Waals surface area contributed by atoms with Crippen LogP contribution in [0.2, 0.25) is 0 Å². The van der Waals surface area contributed by atoms with Crippen LogP contribution in [0.15, 0.2) is 72.2 Å². The van der Waals surface area contributed by atoms with E-state index in [1.54, 1.807) is 18.2 Å². The topological polar surface area (TPSA) is 59.0 Å². The van der Waals surface area contributed by atoms with Crippen molar-refractivity contribution < 1.29 is 14.3 Å². The molecule has 5 heteroatoms. The molecule has 0 saturated carbocycles. The lowest BCUT2D eigenvalue weighted by atomic mass is 10.1. The molecule has 24 heavy (non-hydrogen) atoms. The van der Waals surface area contributed by atoms with E-state index in [2.05, 4.69) is 11.6 Å². The van der Waals surface area contributed by atoms with Crippen LogP contribution in [0.25, 0.3) is 0 Å². The predicted molar refractivity (Wildman–Crippen MR) is 92.2 cm³/mol. The second-order valence-corrected chi connectivity index (χ2v) is 5.22. The van der Waals surface area contributed by atoms with Crippen molar-refractivity contribution in [3.05, 3.63) is 78.4 Å². The Morgan fingerprint density at radius 3 is 2.58 bits per heavy atom. The number of amides is 2. The Morgan fingerprint density at radius 1 is 1.12 bits per heavy atom. The summed E-state index contributed by atoms with van der Waals surface area (Å²) in [5, 5.41) is 0. The number of carbonyl (C=O) groups is 2. The molecular formula is C19H16N2O3. The van der Waals surface area contributed by atoms with E-state index in [-0.39, 0.29) is 18.2 Å². The Balaban J connectivity index is 1.80. The van der Waals surface area contributed by atoms with E-state index < -0.39 is 6.09 Å². The average molecular weight is 320 g/mol. The Labute approximate surface area is 139 Å². The molecule has 0 saturated heterocycles. The Bertz CT molecular complexity index is 812. The van der Waals surface area contributed by atoms with Crippen LogP contribution in [0, 0.1) is 0 Å². The molecule has 0 fully saturated rings. The summed E-state index contributed by atoms with van der Waals surface area (Å²) in [5.74, 6) is -0.326. The fraction of sp³-hybridized carbons (Fsp3) is 0.105. The number of ether oxygens (including phenoxy) is 1. The van der Waals surface area contributed by atoms with Crippen molar-refractivity contribution in [3.63, 3.8) is 0 Å². The number of hydrogen-bond donors (Lipinski definition) is 0. The summed E-state index contributed by atoms with van der Waals surface area (Å²) in [6.45, 7) is 4.12. The summed E-state index contributed by atoms with van der Waals surface area (Å²) in [4.78, 5) is 29.9. The number of benzene rings is 2. The van der Waals surface area contributed by atoms with E-state index in [0.717, 1.165) is 11.3 Å². The van der Waals surface area contributed by atoms with Gasteiger partial charge in [-0.2, -0.15) is 4.99 Å².